The van der Waals surface area contributed by atoms with E-state index in [2.05, 4.69) is 13.8 Å². The van der Waals surface area contributed by atoms with Gasteiger partial charge in [-0.2, -0.15) is 0 Å². The largest absolute Gasteiger partial charge is 0.464 e. The van der Waals surface area contributed by atoms with Crippen LogP contribution in [-0.2, 0) is 4.74 Å². The lowest BCUT2D eigenvalue weighted by molar-refractivity contribution is 0.0337. The molecule has 0 fully saturated rings. The fourth-order valence-corrected chi connectivity index (χ4v) is 1.67. The summed E-state index contributed by atoms with van der Waals surface area (Å²) in [5, 5.41) is 0.850. The van der Waals surface area contributed by atoms with Crippen molar-refractivity contribution in [3.05, 3.63) is 36.1 Å². The summed E-state index contributed by atoms with van der Waals surface area (Å²) in [5.41, 5.74) is 1.33. The van der Waals surface area contributed by atoms with Crippen LogP contribution in [0.4, 0.5) is 0 Å². The van der Waals surface area contributed by atoms with E-state index in [1.165, 1.54) is 6.26 Å². The molecule has 2 rings (SSSR count). The molecule has 1 unspecified atom stereocenters. The number of furan rings is 1. The molecule has 2 aromatic rings. The van der Waals surface area contributed by atoms with Gasteiger partial charge in [0.15, 0.2) is 5.78 Å². The van der Waals surface area contributed by atoms with Gasteiger partial charge < -0.3 is 9.15 Å². The number of rotatable bonds is 5. The van der Waals surface area contributed by atoms with E-state index in [1.807, 2.05) is 31.2 Å². The zero-order chi connectivity index (χ0) is 13.1. The van der Waals surface area contributed by atoms with Crippen LogP contribution in [0.15, 0.2) is 34.9 Å². The quantitative estimate of drug-likeness (QED) is 0.755. The topological polar surface area (TPSA) is 39.4 Å². The molecule has 96 valence electrons. The van der Waals surface area contributed by atoms with Crippen molar-refractivity contribution < 1.29 is 13.9 Å². The molecule has 0 aliphatic rings. The number of ether oxygens (including phenoxy) is 1. The Labute approximate surface area is 107 Å². The van der Waals surface area contributed by atoms with E-state index in [0.29, 0.717) is 11.5 Å². The molecule has 3 nitrogen and oxygen atoms in total. The van der Waals surface area contributed by atoms with Crippen molar-refractivity contribution in [3.63, 3.8) is 0 Å². The fraction of sp³-hybridized carbons (Fsp3) is 0.400. The summed E-state index contributed by atoms with van der Waals surface area (Å²) < 4.78 is 10.9. The molecule has 0 amide bonds. The van der Waals surface area contributed by atoms with Gasteiger partial charge >= 0.3 is 0 Å². The maximum atomic E-state index is 12.1. The van der Waals surface area contributed by atoms with Crippen LogP contribution in [0.5, 0.6) is 0 Å². The average molecular weight is 246 g/mol. The predicted octanol–water partition coefficient (Wildman–Crippen LogP) is 3.68. The lowest BCUT2D eigenvalue weighted by Gasteiger charge is -2.15. The van der Waals surface area contributed by atoms with Gasteiger partial charge in [-0.3, -0.25) is 4.79 Å². The molecule has 0 aliphatic heterocycles. The summed E-state index contributed by atoms with van der Waals surface area (Å²) in [4.78, 5) is 12.1. The minimum absolute atomic E-state index is 0.0348. The Bertz CT molecular complexity index is 539. The van der Waals surface area contributed by atoms with Gasteiger partial charge in [-0.25, -0.2) is 0 Å². The Kier molecular flexibility index (Phi) is 3.82. The van der Waals surface area contributed by atoms with Crippen LogP contribution in [0.1, 0.15) is 31.1 Å². The van der Waals surface area contributed by atoms with Crippen LogP contribution in [0, 0.1) is 5.92 Å². The third-order valence-corrected chi connectivity index (χ3v) is 3.20. The van der Waals surface area contributed by atoms with Gasteiger partial charge in [-0.1, -0.05) is 32.0 Å². The minimum atomic E-state index is -0.0348. The molecular formula is C15H18O3. The van der Waals surface area contributed by atoms with Gasteiger partial charge in [0.25, 0.3) is 0 Å². The molecule has 0 radical (unpaired) electrons. The van der Waals surface area contributed by atoms with E-state index < -0.39 is 0 Å². The molecule has 0 N–H and O–H groups in total. The van der Waals surface area contributed by atoms with Crippen molar-refractivity contribution in [2.24, 2.45) is 5.92 Å². The van der Waals surface area contributed by atoms with E-state index in [0.717, 1.165) is 11.0 Å². The van der Waals surface area contributed by atoms with Crippen LogP contribution >= 0.6 is 0 Å². The van der Waals surface area contributed by atoms with Gasteiger partial charge in [-0.05, 0) is 18.9 Å². The fourth-order valence-electron chi connectivity index (χ4n) is 1.67. The highest BCUT2D eigenvalue weighted by Crippen LogP contribution is 2.21. The summed E-state index contributed by atoms with van der Waals surface area (Å²) >= 11 is 0. The number of ketones is 1. The number of Topliss-reactive ketones (excluding diaryl/α,β-unsaturated/α-hetero) is 1. The molecule has 0 aliphatic carbocycles. The maximum Gasteiger partial charge on any atom is 0.192 e. The number of hydrogen-bond acceptors (Lipinski definition) is 3. The van der Waals surface area contributed by atoms with Crippen molar-refractivity contribution in [2.75, 3.05) is 6.61 Å². The molecule has 0 bridgehead atoms. The third-order valence-electron chi connectivity index (χ3n) is 3.20. The van der Waals surface area contributed by atoms with Gasteiger partial charge in [-0.15, -0.1) is 0 Å². The van der Waals surface area contributed by atoms with E-state index in [4.69, 9.17) is 9.15 Å². The molecule has 3 heteroatoms. The molecule has 1 atom stereocenters. The first kappa shape index (κ1) is 12.8. The van der Waals surface area contributed by atoms with E-state index in [-0.39, 0.29) is 18.5 Å². The summed E-state index contributed by atoms with van der Waals surface area (Å²) in [6, 6.07) is 7.52. The van der Waals surface area contributed by atoms with Gasteiger partial charge in [0.2, 0.25) is 0 Å². The van der Waals surface area contributed by atoms with Crippen LogP contribution in [0.3, 0.4) is 0 Å². The summed E-state index contributed by atoms with van der Waals surface area (Å²) in [6.45, 7) is 6.22. The van der Waals surface area contributed by atoms with Crippen LogP contribution in [0.25, 0.3) is 11.0 Å². The third kappa shape index (κ3) is 2.62. The average Bonchev–Trinajstić information content (AvgIpc) is 2.79. The zero-order valence-corrected chi connectivity index (χ0v) is 11.0. The van der Waals surface area contributed by atoms with E-state index in [9.17, 15) is 4.79 Å². The summed E-state index contributed by atoms with van der Waals surface area (Å²) in [7, 11) is 0. The molecule has 1 aromatic heterocycles. The first-order chi connectivity index (χ1) is 8.59. The zero-order valence-electron chi connectivity index (χ0n) is 11.0. The highest BCUT2D eigenvalue weighted by atomic mass is 16.5. The van der Waals surface area contributed by atoms with Crippen LogP contribution in [0.2, 0.25) is 0 Å². The standard InChI is InChI=1S/C15H18O3/c1-10(2)11(3)17-9-14(16)13-8-18-15-7-5-4-6-12(13)15/h4-8,10-11H,9H2,1-3H3. The second-order valence-electron chi connectivity index (χ2n) is 4.83. The maximum absolute atomic E-state index is 12.1. The Morgan fingerprint density at radius 2 is 2.00 bits per heavy atom. The normalized spacial score (nSPS) is 13.1. The number of fused-ring (bicyclic) bond motifs is 1. The Hall–Kier alpha value is -1.61. The molecule has 0 saturated heterocycles. The van der Waals surface area contributed by atoms with E-state index in [1.54, 1.807) is 0 Å². The first-order valence-corrected chi connectivity index (χ1v) is 6.20. The van der Waals surface area contributed by atoms with Gasteiger partial charge in [0.1, 0.15) is 18.5 Å². The summed E-state index contributed by atoms with van der Waals surface area (Å²) in [5.74, 6) is 0.367. The monoisotopic (exact) mass is 246 g/mol. The number of benzene rings is 1. The SMILES string of the molecule is CC(C)C(C)OCC(=O)c1coc2ccccc12. The Balaban J connectivity index is 2.10. The van der Waals surface area contributed by atoms with Crippen molar-refractivity contribution in [1.82, 2.24) is 0 Å². The van der Waals surface area contributed by atoms with Crippen LogP contribution < -0.4 is 0 Å². The minimum Gasteiger partial charge on any atom is -0.464 e. The highest BCUT2D eigenvalue weighted by molar-refractivity contribution is 6.07. The van der Waals surface area contributed by atoms with Crippen molar-refractivity contribution in [2.45, 2.75) is 26.9 Å². The van der Waals surface area contributed by atoms with Gasteiger partial charge in [0.05, 0.1) is 11.7 Å². The lowest BCUT2D eigenvalue weighted by atomic mass is 10.1. The molecule has 1 heterocycles. The van der Waals surface area contributed by atoms with Crippen molar-refractivity contribution in [1.29, 1.82) is 0 Å². The van der Waals surface area contributed by atoms with E-state index >= 15 is 0 Å². The summed E-state index contributed by atoms with van der Waals surface area (Å²) in [6.07, 6.45) is 1.59. The Morgan fingerprint density at radius 1 is 1.28 bits per heavy atom. The molecule has 0 saturated carbocycles. The number of carbonyl (C=O) groups is 1. The van der Waals surface area contributed by atoms with Crippen molar-refractivity contribution >= 4 is 16.8 Å². The number of para-hydroxylation sites is 1. The van der Waals surface area contributed by atoms with Crippen LogP contribution in [-0.4, -0.2) is 18.5 Å². The van der Waals surface area contributed by atoms with Crippen molar-refractivity contribution in [3.8, 4) is 0 Å². The molecule has 1 aromatic carbocycles. The number of hydrogen-bond donors (Lipinski definition) is 0. The smallest absolute Gasteiger partial charge is 0.192 e. The molecular weight excluding hydrogens is 228 g/mol. The molecule has 18 heavy (non-hydrogen) atoms. The second kappa shape index (κ2) is 5.36. The number of carbonyl (C=O) groups excluding carboxylic acids is 1. The first-order valence-electron chi connectivity index (χ1n) is 6.20. The predicted molar refractivity (Wildman–Crippen MR) is 70.8 cm³/mol. The van der Waals surface area contributed by atoms with Gasteiger partial charge in [0, 0.05) is 5.39 Å². The lowest BCUT2D eigenvalue weighted by Crippen LogP contribution is -2.20. The highest BCUT2D eigenvalue weighted by Gasteiger charge is 2.15. The second-order valence-corrected chi connectivity index (χ2v) is 4.83. The Morgan fingerprint density at radius 3 is 2.72 bits per heavy atom. The molecule has 0 spiro atoms.